The Hall–Kier alpha value is -1.87. The summed E-state index contributed by atoms with van der Waals surface area (Å²) < 4.78 is 41.0. The number of nitrogens with two attached hydrogens (primary N) is 1. The number of aliphatic hydroxyl groups is 1. The molecule has 3 N–H and O–H groups in total. The van der Waals surface area contributed by atoms with Crippen molar-refractivity contribution in [2.75, 3.05) is 6.61 Å². The van der Waals surface area contributed by atoms with Crippen LogP contribution in [0.4, 0.5) is 18.9 Å². The van der Waals surface area contributed by atoms with E-state index in [0.29, 0.717) is 0 Å². The van der Waals surface area contributed by atoms with Crippen LogP contribution in [0.2, 0.25) is 0 Å². The van der Waals surface area contributed by atoms with E-state index in [9.17, 15) is 23.3 Å². The molecule has 0 radical (unpaired) electrons. The first-order valence-corrected chi connectivity index (χ1v) is 5.10. The first kappa shape index (κ1) is 15.2. The van der Waals surface area contributed by atoms with Crippen LogP contribution in [-0.2, 0) is 6.54 Å². The monoisotopic (exact) mass is 280 g/mol. The Kier molecular flexibility index (Phi) is 4.67. The van der Waals surface area contributed by atoms with Gasteiger partial charge in [0.25, 0.3) is 5.69 Å². The topological polar surface area (TPSA) is 98.6 Å². The molecule has 19 heavy (non-hydrogen) atoms. The van der Waals surface area contributed by atoms with Gasteiger partial charge in [0.1, 0.15) is 12.4 Å². The van der Waals surface area contributed by atoms with Gasteiger partial charge in [-0.3, -0.25) is 10.1 Å². The minimum absolute atomic E-state index is 0.0311. The van der Waals surface area contributed by atoms with E-state index in [1.54, 1.807) is 0 Å². The van der Waals surface area contributed by atoms with Crippen LogP contribution in [0.1, 0.15) is 5.56 Å². The first-order valence-electron chi connectivity index (χ1n) is 5.10. The maximum Gasteiger partial charge on any atom is 0.417 e. The lowest BCUT2D eigenvalue weighted by Crippen LogP contribution is -2.34. The zero-order valence-electron chi connectivity index (χ0n) is 9.55. The average Bonchev–Trinajstić information content (AvgIpc) is 2.34. The molecule has 0 aliphatic carbocycles. The Morgan fingerprint density at radius 1 is 1.47 bits per heavy atom. The Morgan fingerprint density at radius 3 is 2.58 bits per heavy atom. The molecular formula is C10H11F3N2O4. The molecule has 1 rings (SSSR count). The van der Waals surface area contributed by atoms with E-state index in [2.05, 4.69) is 0 Å². The summed E-state index contributed by atoms with van der Waals surface area (Å²) >= 11 is 0. The summed E-state index contributed by atoms with van der Waals surface area (Å²) in [6.45, 7) is -1.15. The zero-order valence-corrected chi connectivity index (χ0v) is 9.55. The zero-order chi connectivity index (χ0) is 14.6. The molecule has 0 spiro atoms. The van der Waals surface area contributed by atoms with Crippen LogP contribution in [0, 0.1) is 10.1 Å². The number of nitrogens with zero attached hydrogens (tertiary/aromatic N) is 1. The van der Waals surface area contributed by atoms with Crippen molar-refractivity contribution in [2.24, 2.45) is 5.73 Å². The van der Waals surface area contributed by atoms with E-state index in [-0.39, 0.29) is 23.5 Å². The highest BCUT2D eigenvalue weighted by Gasteiger charge is 2.38. The van der Waals surface area contributed by atoms with Gasteiger partial charge in [0, 0.05) is 24.2 Å². The van der Waals surface area contributed by atoms with E-state index in [0.717, 1.165) is 18.2 Å². The Balaban J connectivity index is 2.82. The molecule has 0 aliphatic rings. The minimum atomic E-state index is -4.79. The number of non-ortho nitro benzene ring substituents is 1. The molecule has 0 aliphatic heterocycles. The number of halogens is 3. The summed E-state index contributed by atoms with van der Waals surface area (Å²) in [6, 6.07) is 3.33. The Morgan fingerprint density at radius 2 is 2.11 bits per heavy atom. The fraction of sp³-hybridized carbons (Fsp3) is 0.400. The molecule has 106 valence electrons. The van der Waals surface area contributed by atoms with Crippen molar-refractivity contribution in [3.05, 3.63) is 33.9 Å². The first-order chi connectivity index (χ1) is 8.75. The molecule has 1 aromatic carbocycles. The summed E-state index contributed by atoms with van der Waals surface area (Å²) in [5.74, 6) is -0.0311. The molecule has 1 atom stereocenters. The lowest BCUT2D eigenvalue weighted by Gasteiger charge is -2.16. The van der Waals surface area contributed by atoms with Gasteiger partial charge in [-0.1, -0.05) is 0 Å². The fourth-order valence-corrected chi connectivity index (χ4v) is 1.24. The molecule has 9 heteroatoms. The Bertz CT molecular complexity index is 465. The van der Waals surface area contributed by atoms with Crippen molar-refractivity contribution in [1.29, 1.82) is 0 Å². The molecule has 0 saturated heterocycles. The fourth-order valence-electron chi connectivity index (χ4n) is 1.24. The molecule has 6 nitrogen and oxygen atoms in total. The number of alkyl halides is 3. The van der Waals surface area contributed by atoms with E-state index >= 15 is 0 Å². The van der Waals surface area contributed by atoms with E-state index in [1.165, 1.54) is 0 Å². The summed E-state index contributed by atoms with van der Waals surface area (Å²) in [6.07, 6.45) is -7.42. The van der Waals surface area contributed by atoms with Gasteiger partial charge in [-0.2, -0.15) is 13.2 Å². The van der Waals surface area contributed by atoms with Crippen LogP contribution >= 0.6 is 0 Å². The highest BCUT2D eigenvalue weighted by Crippen LogP contribution is 2.26. The van der Waals surface area contributed by atoms with Gasteiger partial charge in [0.15, 0.2) is 6.10 Å². The van der Waals surface area contributed by atoms with Crippen LogP contribution in [0.25, 0.3) is 0 Å². The van der Waals surface area contributed by atoms with Crippen LogP contribution in [0.5, 0.6) is 5.75 Å². The molecule has 0 bridgehead atoms. The molecular weight excluding hydrogens is 269 g/mol. The van der Waals surface area contributed by atoms with Crippen molar-refractivity contribution in [3.63, 3.8) is 0 Å². The lowest BCUT2D eigenvalue weighted by atomic mass is 10.2. The van der Waals surface area contributed by atoms with Crippen molar-refractivity contribution >= 4 is 5.69 Å². The predicted octanol–water partition coefficient (Wildman–Crippen LogP) is 1.36. The smallest absolute Gasteiger partial charge is 0.417 e. The van der Waals surface area contributed by atoms with Crippen molar-refractivity contribution < 1.29 is 27.9 Å². The van der Waals surface area contributed by atoms with E-state index in [4.69, 9.17) is 15.6 Å². The van der Waals surface area contributed by atoms with Crippen molar-refractivity contribution in [2.45, 2.75) is 18.8 Å². The molecule has 0 fully saturated rings. The van der Waals surface area contributed by atoms with E-state index in [1.807, 2.05) is 0 Å². The molecule has 0 amide bonds. The number of ether oxygens (including phenoxy) is 1. The normalized spacial score (nSPS) is 13.1. The quantitative estimate of drug-likeness (QED) is 0.626. The summed E-state index contributed by atoms with van der Waals surface area (Å²) in [5.41, 5.74) is 5.26. The van der Waals surface area contributed by atoms with Gasteiger partial charge in [0.2, 0.25) is 0 Å². The number of hydrogen-bond acceptors (Lipinski definition) is 5. The Labute approximate surface area is 105 Å². The van der Waals surface area contributed by atoms with Gasteiger partial charge in [-0.15, -0.1) is 0 Å². The van der Waals surface area contributed by atoms with Crippen molar-refractivity contribution in [3.8, 4) is 5.75 Å². The van der Waals surface area contributed by atoms with Gasteiger partial charge in [0.05, 0.1) is 4.92 Å². The number of hydrogen-bond donors (Lipinski definition) is 2. The van der Waals surface area contributed by atoms with Crippen LogP contribution < -0.4 is 10.5 Å². The number of rotatable bonds is 5. The number of nitro benzene ring substituents is 1. The molecule has 0 saturated carbocycles. The number of nitro groups is 1. The van der Waals surface area contributed by atoms with Gasteiger partial charge in [-0.05, 0) is 6.07 Å². The molecule has 1 unspecified atom stereocenters. The van der Waals surface area contributed by atoms with Gasteiger partial charge >= 0.3 is 6.18 Å². The standard InChI is InChI=1S/C10H11F3N2O4/c11-10(12,13)9(16)5-19-8-2-1-7(15(17)18)3-6(8)4-14/h1-3,9,16H,4-5,14H2. The highest BCUT2D eigenvalue weighted by atomic mass is 19.4. The molecule has 0 aromatic heterocycles. The second kappa shape index (κ2) is 5.85. The summed E-state index contributed by atoms with van der Waals surface area (Å²) in [4.78, 5) is 9.85. The minimum Gasteiger partial charge on any atom is -0.490 e. The SMILES string of the molecule is NCc1cc([N+](=O)[O-])ccc1OCC(O)C(F)(F)F. The molecule has 0 heterocycles. The average molecular weight is 280 g/mol. The van der Waals surface area contributed by atoms with Gasteiger partial charge < -0.3 is 15.6 Å². The third-order valence-electron chi connectivity index (χ3n) is 2.25. The van der Waals surface area contributed by atoms with Crippen molar-refractivity contribution in [1.82, 2.24) is 0 Å². The maximum atomic E-state index is 12.1. The van der Waals surface area contributed by atoms with Gasteiger partial charge in [-0.25, -0.2) is 0 Å². The molecule has 1 aromatic rings. The second-order valence-electron chi connectivity index (χ2n) is 3.62. The third-order valence-corrected chi connectivity index (χ3v) is 2.25. The largest absolute Gasteiger partial charge is 0.490 e. The summed E-state index contributed by atoms with van der Waals surface area (Å²) in [5, 5.41) is 19.3. The van der Waals surface area contributed by atoms with Crippen LogP contribution in [0.15, 0.2) is 18.2 Å². The highest BCUT2D eigenvalue weighted by molar-refractivity contribution is 5.43. The predicted molar refractivity (Wildman–Crippen MR) is 58.5 cm³/mol. The van der Waals surface area contributed by atoms with Crippen LogP contribution in [-0.4, -0.2) is 28.9 Å². The third kappa shape index (κ3) is 4.07. The van der Waals surface area contributed by atoms with E-state index < -0.39 is 23.8 Å². The number of benzene rings is 1. The second-order valence-corrected chi connectivity index (χ2v) is 3.62. The lowest BCUT2D eigenvalue weighted by molar-refractivity contribution is -0.384. The maximum absolute atomic E-state index is 12.1. The summed E-state index contributed by atoms with van der Waals surface area (Å²) in [7, 11) is 0. The van der Waals surface area contributed by atoms with Crippen LogP contribution in [0.3, 0.4) is 0 Å². The number of aliphatic hydroxyl groups excluding tert-OH is 1.